The number of aromatic nitrogens is 2. The van der Waals surface area contributed by atoms with Gasteiger partial charge in [-0.15, -0.1) is 0 Å². The Morgan fingerprint density at radius 2 is 2.12 bits per heavy atom. The van der Waals surface area contributed by atoms with Crippen molar-refractivity contribution in [2.75, 3.05) is 19.7 Å². The Hall–Kier alpha value is -1.56. The lowest BCUT2D eigenvalue weighted by atomic mass is 10.4. The number of rotatable bonds is 6. The first-order valence-electron chi connectivity index (χ1n) is 5.77. The number of hydrogen-bond acceptors (Lipinski definition) is 3. The smallest absolute Gasteiger partial charge is 0.314 e. The average Bonchev–Trinajstić information content (AvgIpc) is 2.60. The van der Waals surface area contributed by atoms with E-state index in [-0.39, 0.29) is 19.2 Å². The van der Waals surface area contributed by atoms with Crippen LogP contribution in [0.25, 0.3) is 0 Å². The molecule has 1 rings (SSSR count). The fourth-order valence-corrected chi connectivity index (χ4v) is 1.56. The van der Waals surface area contributed by atoms with Gasteiger partial charge in [-0.05, 0) is 26.3 Å². The normalized spacial score (nSPS) is 10.3. The lowest BCUT2D eigenvalue weighted by Gasteiger charge is -2.07. The minimum atomic E-state index is -0.243. The Balaban J connectivity index is 2.16. The first-order chi connectivity index (χ1) is 8.13. The van der Waals surface area contributed by atoms with Crippen LogP contribution < -0.4 is 10.6 Å². The summed E-state index contributed by atoms with van der Waals surface area (Å²) in [6.07, 6.45) is 0.828. The number of urea groups is 1. The van der Waals surface area contributed by atoms with Crippen molar-refractivity contribution in [1.82, 2.24) is 20.4 Å². The van der Waals surface area contributed by atoms with Crippen molar-refractivity contribution in [2.24, 2.45) is 0 Å². The van der Waals surface area contributed by atoms with Crippen molar-refractivity contribution >= 4 is 6.03 Å². The van der Waals surface area contributed by atoms with E-state index in [0.717, 1.165) is 24.4 Å². The van der Waals surface area contributed by atoms with E-state index in [1.54, 1.807) is 0 Å². The number of hydrogen-bond donors (Lipinski definition) is 3. The summed E-state index contributed by atoms with van der Waals surface area (Å²) < 4.78 is 1.93. The molecule has 17 heavy (non-hydrogen) atoms. The second-order valence-corrected chi connectivity index (χ2v) is 3.91. The van der Waals surface area contributed by atoms with Crippen molar-refractivity contribution in [3.05, 3.63) is 17.5 Å². The molecule has 0 unspecified atom stereocenters. The topological polar surface area (TPSA) is 79.2 Å². The minimum Gasteiger partial charge on any atom is -0.395 e. The molecule has 0 fully saturated rings. The highest BCUT2D eigenvalue weighted by Gasteiger charge is 2.01. The van der Waals surface area contributed by atoms with Gasteiger partial charge < -0.3 is 15.7 Å². The first kappa shape index (κ1) is 13.5. The van der Waals surface area contributed by atoms with Gasteiger partial charge in [-0.1, -0.05) is 0 Å². The van der Waals surface area contributed by atoms with E-state index < -0.39 is 0 Å². The van der Waals surface area contributed by atoms with Crippen molar-refractivity contribution in [3.63, 3.8) is 0 Å². The molecule has 0 saturated carbocycles. The zero-order chi connectivity index (χ0) is 12.7. The van der Waals surface area contributed by atoms with Gasteiger partial charge in [0.15, 0.2) is 0 Å². The van der Waals surface area contributed by atoms with Crippen LogP contribution in [-0.2, 0) is 6.54 Å². The van der Waals surface area contributed by atoms with E-state index in [1.807, 2.05) is 24.6 Å². The summed E-state index contributed by atoms with van der Waals surface area (Å²) >= 11 is 0. The number of nitrogens with zero attached hydrogens (tertiary/aromatic N) is 2. The molecule has 0 aliphatic carbocycles. The Bertz CT molecular complexity index is 362. The zero-order valence-electron chi connectivity index (χ0n) is 10.4. The molecule has 6 heteroatoms. The third-order valence-corrected chi connectivity index (χ3v) is 2.33. The van der Waals surface area contributed by atoms with Crippen LogP contribution in [0.5, 0.6) is 0 Å². The molecule has 0 saturated heterocycles. The summed E-state index contributed by atoms with van der Waals surface area (Å²) in [5.41, 5.74) is 2.14. The molecule has 6 nitrogen and oxygen atoms in total. The van der Waals surface area contributed by atoms with Gasteiger partial charge in [0.25, 0.3) is 0 Å². The number of aliphatic hydroxyl groups is 1. The highest BCUT2D eigenvalue weighted by Crippen LogP contribution is 2.01. The van der Waals surface area contributed by atoms with E-state index in [9.17, 15) is 4.79 Å². The third-order valence-electron chi connectivity index (χ3n) is 2.33. The second-order valence-electron chi connectivity index (χ2n) is 3.91. The van der Waals surface area contributed by atoms with Gasteiger partial charge in [0, 0.05) is 25.3 Å². The molecular weight excluding hydrogens is 220 g/mol. The molecule has 0 aliphatic heterocycles. The van der Waals surface area contributed by atoms with Crippen LogP contribution in [0.4, 0.5) is 4.79 Å². The van der Waals surface area contributed by atoms with Gasteiger partial charge >= 0.3 is 6.03 Å². The Morgan fingerprint density at radius 3 is 2.71 bits per heavy atom. The third kappa shape index (κ3) is 4.86. The van der Waals surface area contributed by atoms with Crippen LogP contribution in [0.3, 0.4) is 0 Å². The van der Waals surface area contributed by atoms with Crippen LogP contribution in [0.2, 0.25) is 0 Å². The van der Waals surface area contributed by atoms with Crippen molar-refractivity contribution < 1.29 is 9.90 Å². The fraction of sp³-hybridized carbons (Fsp3) is 0.636. The maximum Gasteiger partial charge on any atom is 0.314 e. The Morgan fingerprint density at radius 1 is 1.41 bits per heavy atom. The Labute approximate surface area is 101 Å². The lowest BCUT2D eigenvalue weighted by Crippen LogP contribution is -2.37. The van der Waals surface area contributed by atoms with E-state index in [4.69, 9.17) is 5.11 Å². The largest absolute Gasteiger partial charge is 0.395 e. The van der Waals surface area contributed by atoms with Crippen molar-refractivity contribution in [2.45, 2.75) is 26.8 Å². The molecule has 0 aromatic carbocycles. The molecule has 0 bridgehead atoms. The molecular formula is C11H20N4O2. The second kappa shape index (κ2) is 6.90. The molecule has 1 aromatic heterocycles. The van der Waals surface area contributed by atoms with Crippen molar-refractivity contribution in [3.8, 4) is 0 Å². The van der Waals surface area contributed by atoms with E-state index in [1.165, 1.54) is 0 Å². The van der Waals surface area contributed by atoms with Crippen LogP contribution in [-0.4, -0.2) is 40.6 Å². The molecule has 2 amide bonds. The molecule has 96 valence electrons. The maximum absolute atomic E-state index is 11.1. The van der Waals surface area contributed by atoms with Gasteiger partial charge in [-0.2, -0.15) is 5.10 Å². The van der Waals surface area contributed by atoms with Gasteiger partial charge in [0.1, 0.15) is 0 Å². The summed E-state index contributed by atoms with van der Waals surface area (Å²) in [6, 6.07) is 1.79. The fourth-order valence-electron chi connectivity index (χ4n) is 1.56. The molecule has 1 aromatic rings. The van der Waals surface area contributed by atoms with E-state index in [2.05, 4.69) is 15.7 Å². The minimum absolute atomic E-state index is 0.0425. The number of amides is 2. The monoisotopic (exact) mass is 240 g/mol. The number of aliphatic hydroxyl groups excluding tert-OH is 1. The van der Waals surface area contributed by atoms with E-state index in [0.29, 0.717) is 6.54 Å². The highest BCUT2D eigenvalue weighted by atomic mass is 16.3. The predicted octanol–water partition coefficient (Wildman–Crippen LogP) is 0.182. The maximum atomic E-state index is 11.1. The number of carbonyl (C=O) groups excluding carboxylic acids is 1. The highest BCUT2D eigenvalue weighted by molar-refractivity contribution is 5.73. The predicted molar refractivity (Wildman–Crippen MR) is 64.8 cm³/mol. The molecule has 0 atom stereocenters. The van der Waals surface area contributed by atoms with Gasteiger partial charge in [0.05, 0.1) is 12.3 Å². The number of aryl methyl sites for hydroxylation is 3. The van der Waals surface area contributed by atoms with Crippen LogP contribution in [0.15, 0.2) is 6.07 Å². The SMILES string of the molecule is Cc1cc(C)n(CCCNC(=O)NCCO)n1. The van der Waals surface area contributed by atoms with Crippen molar-refractivity contribution in [1.29, 1.82) is 0 Å². The number of nitrogens with one attached hydrogen (secondary N) is 2. The first-order valence-corrected chi connectivity index (χ1v) is 5.77. The van der Waals surface area contributed by atoms with Crippen LogP contribution in [0.1, 0.15) is 17.8 Å². The molecule has 0 radical (unpaired) electrons. The summed E-state index contributed by atoms with van der Waals surface area (Å²) in [6.45, 7) is 5.60. The molecule has 0 aliphatic rings. The quantitative estimate of drug-likeness (QED) is 0.621. The zero-order valence-corrected chi connectivity index (χ0v) is 10.4. The van der Waals surface area contributed by atoms with Gasteiger partial charge in [0.2, 0.25) is 0 Å². The summed E-state index contributed by atoms with van der Waals surface area (Å²) in [5.74, 6) is 0. The van der Waals surface area contributed by atoms with Crippen LogP contribution in [0, 0.1) is 13.8 Å². The van der Waals surface area contributed by atoms with Crippen LogP contribution >= 0.6 is 0 Å². The average molecular weight is 240 g/mol. The molecule has 3 N–H and O–H groups in total. The van der Waals surface area contributed by atoms with Gasteiger partial charge in [-0.25, -0.2) is 4.79 Å². The molecule has 1 heterocycles. The standard InChI is InChI=1S/C11H20N4O2/c1-9-8-10(2)15(14-9)6-3-4-12-11(17)13-5-7-16/h8,16H,3-7H2,1-2H3,(H2,12,13,17). The lowest BCUT2D eigenvalue weighted by molar-refractivity contribution is 0.234. The van der Waals surface area contributed by atoms with Gasteiger partial charge in [-0.3, -0.25) is 4.68 Å². The van der Waals surface area contributed by atoms with E-state index >= 15 is 0 Å². The number of carbonyl (C=O) groups is 1. The summed E-state index contributed by atoms with van der Waals surface area (Å²) in [7, 11) is 0. The summed E-state index contributed by atoms with van der Waals surface area (Å²) in [5, 5.41) is 18.1. The summed E-state index contributed by atoms with van der Waals surface area (Å²) in [4.78, 5) is 11.1. The Kier molecular flexibility index (Phi) is 5.48. The molecule has 0 spiro atoms.